The van der Waals surface area contributed by atoms with E-state index in [0.717, 1.165) is 57.8 Å². The van der Waals surface area contributed by atoms with Gasteiger partial charge >= 0.3 is 17.9 Å². The fourth-order valence-electron chi connectivity index (χ4n) is 3.77. The van der Waals surface area contributed by atoms with Gasteiger partial charge in [-0.25, -0.2) is 4.79 Å². The smallest absolute Gasteiger partial charge is 0.338 e. The first kappa shape index (κ1) is 27.4. The van der Waals surface area contributed by atoms with E-state index in [1.165, 1.54) is 39.2 Å². The number of aliphatic carboxylic acids is 1. The van der Waals surface area contributed by atoms with E-state index in [1.807, 2.05) is 0 Å². The molecule has 1 rings (SSSR count). The molecular weight excluding hydrogens is 400 g/mol. The Labute approximate surface area is 187 Å². The van der Waals surface area contributed by atoms with Crippen LogP contribution in [0.4, 0.5) is 0 Å². The standard InChI is InChI=1S/C24H42O7/c1-3-4-5-12-15-19(30-24(28)23-20(31-23)18-21(25)26)16-13-10-8-6-7-9-11-14-17-22(27)29-2/h19-20,23H,3-18H2,1-2H3,(H,25,26). The number of hydrogen-bond acceptors (Lipinski definition) is 6. The summed E-state index contributed by atoms with van der Waals surface area (Å²) in [4.78, 5) is 34.0. The Kier molecular flexibility index (Phi) is 15.0. The van der Waals surface area contributed by atoms with Crippen LogP contribution in [0.15, 0.2) is 0 Å². The molecule has 1 fully saturated rings. The maximum atomic E-state index is 12.2. The molecule has 0 saturated carbocycles. The number of esters is 2. The molecule has 0 aromatic carbocycles. The number of ether oxygens (including phenoxy) is 3. The van der Waals surface area contributed by atoms with Crippen LogP contribution in [-0.2, 0) is 28.6 Å². The molecule has 0 radical (unpaired) electrons. The molecule has 0 aromatic rings. The van der Waals surface area contributed by atoms with Gasteiger partial charge in [-0.2, -0.15) is 0 Å². The van der Waals surface area contributed by atoms with Crippen LogP contribution in [-0.4, -0.2) is 48.4 Å². The zero-order valence-electron chi connectivity index (χ0n) is 19.4. The van der Waals surface area contributed by atoms with E-state index in [2.05, 4.69) is 11.7 Å². The lowest BCUT2D eigenvalue weighted by Crippen LogP contribution is -2.23. The van der Waals surface area contributed by atoms with Crippen molar-refractivity contribution in [3.05, 3.63) is 0 Å². The van der Waals surface area contributed by atoms with Gasteiger partial charge in [-0.05, 0) is 32.1 Å². The Balaban J connectivity index is 2.16. The van der Waals surface area contributed by atoms with E-state index < -0.39 is 24.1 Å². The van der Waals surface area contributed by atoms with Crippen molar-refractivity contribution in [2.45, 2.75) is 128 Å². The zero-order chi connectivity index (χ0) is 22.9. The largest absolute Gasteiger partial charge is 0.481 e. The monoisotopic (exact) mass is 442 g/mol. The van der Waals surface area contributed by atoms with E-state index in [0.29, 0.717) is 6.42 Å². The molecule has 1 heterocycles. The highest BCUT2D eigenvalue weighted by Crippen LogP contribution is 2.28. The fourth-order valence-corrected chi connectivity index (χ4v) is 3.77. The summed E-state index contributed by atoms with van der Waals surface area (Å²) < 4.78 is 15.5. The summed E-state index contributed by atoms with van der Waals surface area (Å²) in [6.07, 6.45) is 14.1. The topological polar surface area (TPSA) is 102 Å². The zero-order valence-corrected chi connectivity index (χ0v) is 19.4. The van der Waals surface area contributed by atoms with E-state index >= 15 is 0 Å². The number of unbranched alkanes of at least 4 members (excludes halogenated alkanes) is 10. The minimum atomic E-state index is -0.958. The Morgan fingerprint density at radius 1 is 0.871 bits per heavy atom. The third kappa shape index (κ3) is 14.1. The highest BCUT2D eigenvalue weighted by Gasteiger charge is 2.48. The van der Waals surface area contributed by atoms with Crippen molar-refractivity contribution in [1.29, 1.82) is 0 Å². The number of carbonyl (C=O) groups excluding carboxylic acids is 2. The van der Waals surface area contributed by atoms with Crippen LogP contribution in [0, 0.1) is 0 Å². The van der Waals surface area contributed by atoms with Gasteiger partial charge in [0.2, 0.25) is 0 Å². The van der Waals surface area contributed by atoms with Gasteiger partial charge in [0.05, 0.1) is 13.5 Å². The first-order chi connectivity index (χ1) is 15.0. The summed E-state index contributed by atoms with van der Waals surface area (Å²) in [5.74, 6) is -1.49. The lowest BCUT2D eigenvalue weighted by atomic mass is 10.0. The molecule has 1 aliphatic rings. The Morgan fingerprint density at radius 2 is 1.42 bits per heavy atom. The normalized spacial score (nSPS) is 18.4. The van der Waals surface area contributed by atoms with Crippen LogP contribution in [0.5, 0.6) is 0 Å². The molecule has 0 bridgehead atoms. The summed E-state index contributed by atoms with van der Waals surface area (Å²) in [5.41, 5.74) is 0. The van der Waals surface area contributed by atoms with Crippen molar-refractivity contribution in [3.63, 3.8) is 0 Å². The van der Waals surface area contributed by atoms with Crippen LogP contribution in [0.25, 0.3) is 0 Å². The number of carboxylic acid groups (broad SMARTS) is 1. The number of hydrogen-bond donors (Lipinski definition) is 1. The molecular formula is C24H42O7. The van der Waals surface area contributed by atoms with E-state index in [9.17, 15) is 14.4 Å². The van der Waals surface area contributed by atoms with Gasteiger partial charge in [-0.1, -0.05) is 64.7 Å². The molecule has 1 saturated heterocycles. The summed E-state index contributed by atoms with van der Waals surface area (Å²) in [7, 11) is 1.43. The first-order valence-electron chi connectivity index (χ1n) is 12.1. The highest BCUT2D eigenvalue weighted by atomic mass is 16.6. The lowest BCUT2D eigenvalue weighted by molar-refractivity contribution is -0.151. The van der Waals surface area contributed by atoms with Gasteiger partial charge in [0.15, 0.2) is 6.10 Å². The average molecular weight is 443 g/mol. The lowest BCUT2D eigenvalue weighted by Gasteiger charge is -2.17. The van der Waals surface area contributed by atoms with Crippen molar-refractivity contribution in [2.75, 3.05) is 7.11 Å². The summed E-state index contributed by atoms with van der Waals surface area (Å²) >= 11 is 0. The predicted octanol–water partition coefficient (Wildman–Crippen LogP) is 5.18. The number of carbonyl (C=O) groups is 3. The molecule has 1 N–H and O–H groups in total. The summed E-state index contributed by atoms with van der Waals surface area (Å²) in [6, 6.07) is 0. The second-order valence-corrected chi connectivity index (χ2v) is 8.54. The number of epoxide rings is 1. The fraction of sp³-hybridized carbons (Fsp3) is 0.875. The molecule has 7 nitrogen and oxygen atoms in total. The van der Waals surface area contributed by atoms with Crippen molar-refractivity contribution in [2.24, 2.45) is 0 Å². The number of carboxylic acids is 1. The van der Waals surface area contributed by atoms with E-state index in [4.69, 9.17) is 14.6 Å². The summed E-state index contributed by atoms with van der Waals surface area (Å²) in [6.45, 7) is 2.17. The van der Waals surface area contributed by atoms with Crippen LogP contribution in [0.1, 0.15) is 110 Å². The molecule has 31 heavy (non-hydrogen) atoms. The van der Waals surface area contributed by atoms with E-state index in [-0.39, 0.29) is 18.5 Å². The SMILES string of the molecule is CCCCCCC(CCCCCCCCCCC(=O)OC)OC(=O)C1OC1CC(=O)O. The molecule has 3 unspecified atom stereocenters. The maximum absolute atomic E-state index is 12.2. The van der Waals surface area contributed by atoms with Gasteiger partial charge in [-0.3, -0.25) is 9.59 Å². The molecule has 7 heteroatoms. The van der Waals surface area contributed by atoms with Crippen LogP contribution >= 0.6 is 0 Å². The third-order valence-electron chi connectivity index (χ3n) is 5.74. The summed E-state index contributed by atoms with van der Waals surface area (Å²) in [5, 5.41) is 8.80. The van der Waals surface area contributed by atoms with Crippen molar-refractivity contribution in [3.8, 4) is 0 Å². The second kappa shape index (κ2) is 17.0. The maximum Gasteiger partial charge on any atom is 0.338 e. The number of rotatable bonds is 20. The second-order valence-electron chi connectivity index (χ2n) is 8.54. The predicted molar refractivity (Wildman–Crippen MR) is 118 cm³/mol. The molecule has 180 valence electrons. The minimum Gasteiger partial charge on any atom is -0.481 e. The van der Waals surface area contributed by atoms with E-state index in [1.54, 1.807) is 0 Å². The minimum absolute atomic E-state index is 0.0997. The van der Waals surface area contributed by atoms with Crippen LogP contribution in [0.2, 0.25) is 0 Å². The van der Waals surface area contributed by atoms with Crippen molar-refractivity contribution in [1.82, 2.24) is 0 Å². The van der Waals surface area contributed by atoms with Crippen LogP contribution in [0.3, 0.4) is 0 Å². The van der Waals surface area contributed by atoms with Gasteiger partial charge in [0, 0.05) is 6.42 Å². The molecule has 1 aliphatic heterocycles. The van der Waals surface area contributed by atoms with Crippen molar-refractivity contribution < 1.29 is 33.7 Å². The number of methoxy groups -OCH3 is 1. The molecule has 0 aliphatic carbocycles. The van der Waals surface area contributed by atoms with Gasteiger partial charge in [-0.15, -0.1) is 0 Å². The molecule has 3 atom stereocenters. The van der Waals surface area contributed by atoms with Gasteiger partial charge in [0.25, 0.3) is 0 Å². The Morgan fingerprint density at radius 3 is 1.97 bits per heavy atom. The Bertz CT molecular complexity index is 520. The average Bonchev–Trinajstić information content (AvgIpc) is 3.50. The van der Waals surface area contributed by atoms with Gasteiger partial charge < -0.3 is 19.3 Å². The third-order valence-corrected chi connectivity index (χ3v) is 5.74. The quantitative estimate of drug-likeness (QED) is 0.157. The first-order valence-corrected chi connectivity index (χ1v) is 12.1. The van der Waals surface area contributed by atoms with Crippen LogP contribution < -0.4 is 0 Å². The molecule has 0 spiro atoms. The highest BCUT2D eigenvalue weighted by molar-refractivity contribution is 5.80. The molecule has 0 amide bonds. The Hall–Kier alpha value is -1.63. The van der Waals surface area contributed by atoms with Gasteiger partial charge in [0.1, 0.15) is 12.2 Å². The van der Waals surface area contributed by atoms with Crippen molar-refractivity contribution >= 4 is 17.9 Å². The molecule has 0 aromatic heterocycles.